The van der Waals surface area contributed by atoms with Gasteiger partial charge in [0.15, 0.2) is 11.6 Å². The molecule has 0 saturated carbocycles. The molecule has 0 fully saturated rings. The summed E-state index contributed by atoms with van der Waals surface area (Å²) < 4.78 is 1.62. The molecule has 8 nitrogen and oxygen atoms in total. The van der Waals surface area contributed by atoms with E-state index in [2.05, 4.69) is 15.4 Å². The molecule has 1 aromatic heterocycles. The van der Waals surface area contributed by atoms with E-state index in [1.807, 2.05) is 13.8 Å². The highest BCUT2D eigenvalue weighted by Gasteiger charge is 2.42. The monoisotopic (exact) mass is 483 g/mol. The van der Waals surface area contributed by atoms with Crippen molar-refractivity contribution in [1.29, 1.82) is 0 Å². The number of anilines is 1. The predicted molar refractivity (Wildman–Crippen MR) is 125 cm³/mol. The minimum atomic E-state index is -0.635. The van der Waals surface area contributed by atoms with E-state index in [0.717, 1.165) is 5.70 Å². The van der Waals surface area contributed by atoms with Crippen LogP contribution in [0.2, 0.25) is 10.0 Å². The Labute approximate surface area is 199 Å². The molecule has 3 aromatic rings. The van der Waals surface area contributed by atoms with Gasteiger partial charge in [0.2, 0.25) is 5.95 Å². The molecule has 168 valence electrons. The smallest absolute Gasteiger partial charge is 0.269 e. The molecule has 5 rings (SSSR count). The Hall–Kier alpha value is -3.23. The molecular weight excluding hydrogens is 465 g/mol. The fourth-order valence-electron chi connectivity index (χ4n) is 4.48. The van der Waals surface area contributed by atoms with E-state index in [0.29, 0.717) is 51.4 Å². The highest BCUT2D eigenvalue weighted by Crippen LogP contribution is 2.46. The van der Waals surface area contributed by atoms with Gasteiger partial charge in [0.05, 0.1) is 15.0 Å². The lowest BCUT2D eigenvalue weighted by atomic mass is 9.73. The zero-order chi connectivity index (χ0) is 23.5. The highest BCUT2D eigenvalue weighted by molar-refractivity contribution is 6.42. The minimum absolute atomic E-state index is 0.0116. The van der Waals surface area contributed by atoms with Crippen LogP contribution in [0, 0.1) is 15.5 Å². The standard InChI is InChI=1S/C23H19Cl2N5O3/c1-23(2)10-17-19(18(31)11-23)20(12-4-3-5-14(8-12)30(32)33)29-22(26-17)27-21(28-29)13-6-7-15(24)16(25)9-13/h3-9,20H,10-11H2,1-2H3,(H,26,27,28). The quantitative estimate of drug-likeness (QED) is 0.371. The number of hydrogen-bond acceptors (Lipinski definition) is 6. The summed E-state index contributed by atoms with van der Waals surface area (Å²) in [4.78, 5) is 28.9. The van der Waals surface area contributed by atoms with Gasteiger partial charge in [-0.2, -0.15) is 4.98 Å². The summed E-state index contributed by atoms with van der Waals surface area (Å²) in [6, 6.07) is 10.8. The summed E-state index contributed by atoms with van der Waals surface area (Å²) in [5.41, 5.74) is 2.32. The second kappa shape index (κ2) is 7.67. The summed E-state index contributed by atoms with van der Waals surface area (Å²) in [6.45, 7) is 4.08. The number of aromatic nitrogens is 3. The molecule has 10 heteroatoms. The van der Waals surface area contributed by atoms with E-state index in [9.17, 15) is 14.9 Å². The SMILES string of the molecule is CC1(C)CC(=O)C2=C(C1)Nc1nc(-c3ccc(Cl)c(Cl)c3)nn1C2c1cccc([N+](=O)[O-])c1. The second-order valence-electron chi connectivity index (χ2n) is 9.05. The molecule has 0 amide bonds. The Balaban J connectivity index is 1.69. The topological polar surface area (TPSA) is 103 Å². The van der Waals surface area contributed by atoms with Gasteiger partial charge in [-0.25, -0.2) is 4.68 Å². The molecule has 2 aliphatic rings. The molecule has 1 N–H and O–H groups in total. The van der Waals surface area contributed by atoms with E-state index >= 15 is 0 Å². The predicted octanol–water partition coefficient (Wildman–Crippen LogP) is 5.82. The summed E-state index contributed by atoms with van der Waals surface area (Å²) in [6.07, 6.45) is 1.02. The average molecular weight is 484 g/mol. The Bertz CT molecular complexity index is 1360. The van der Waals surface area contributed by atoms with Crippen LogP contribution in [0.5, 0.6) is 0 Å². The number of fused-ring (bicyclic) bond motifs is 1. The van der Waals surface area contributed by atoms with Crippen LogP contribution >= 0.6 is 23.2 Å². The molecule has 0 bridgehead atoms. The summed E-state index contributed by atoms with van der Waals surface area (Å²) in [5, 5.41) is 20.2. The Kier molecular flexibility index (Phi) is 5.02. The first kappa shape index (κ1) is 21.6. The van der Waals surface area contributed by atoms with E-state index in [1.54, 1.807) is 35.0 Å². The molecule has 2 aromatic carbocycles. The number of nitrogens with one attached hydrogen (secondary N) is 1. The maximum atomic E-state index is 13.3. The van der Waals surface area contributed by atoms with E-state index < -0.39 is 11.0 Å². The van der Waals surface area contributed by atoms with Crippen LogP contribution < -0.4 is 5.32 Å². The van der Waals surface area contributed by atoms with Crippen molar-refractivity contribution in [2.45, 2.75) is 32.7 Å². The number of nitrogens with zero attached hydrogens (tertiary/aromatic N) is 4. The lowest BCUT2D eigenvalue weighted by Crippen LogP contribution is -2.36. The van der Waals surface area contributed by atoms with Gasteiger partial charge < -0.3 is 5.32 Å². The van der Waals surface area contributed by atoms with Crippen LogP contribution in [0.4, 0.5) is 11.6 Å². The molecule has 0 spiro atoms. The molecule has 1 aliphatic carbocycles. The van der Waals surface area contributed by atoms with Crippen LogP contribution in [-0.2, 0) is 4.79 Å². The van der Waals surface area contributed by atoms with Gasteiger partial charge in [0, 0.05) is 35.4 Å². The maximum Gasteiger partial charge on any atom is 0.269 e. The first-order chi connectivity index (χ1) is 15.6. The largest absolute Gasteiger partial charge is 0.328 e. The zero-order valence-electron chi connectivity index (χ0n) is 17.8. The van der Waals surface area contributed by atoms with Crippen molar-refractivity contribution in [3.63, 3.8) is 0 Å². The van der Waals surface area contributed by atoms with Gasteiger partial charge in [0.25, 0.3) is 5.69 Å². The lowest BCUT2D eigenvalue weighted by Gasteiger charge is -2.38. The molecule has 1 unspecified atom stereocenters. The number of ketones is 1. The zero-order valence-corrected chi connectivity index (χ0v) is 19.3. The van der Waals surface area contributed by atoms with Crippen molar-refractivity contribution in [2.75, 3.05) is 5.32 Å². The average Bonchev–Trinajstić information content (AvgIpc) is 3.17. The summed E-state index contributed by atoms with van der Waals surface area (Å²) in [5.74, 6) is 0.845. The van der Waals surface area contributed by atoms with Crippen molar-refractivity contribution < 1.29 is 9.72 Å². The van der Waals surface area contributed by atoms with Crippen molar-refractivity contribution >= 4 is 40.6 Å². The van der Waals surface area contributed by atoms with Gasteiger partial charge in [0.1, 0.15) is 6.04 Å². The number of nitro groups is 1. The fourth-order valence-corrected chi connectivity index (χ4v) is 4.78. The van der Waals surface area contributed by atoms with Crippen LogP contribution in [0.1, 0.15) is 38.3 Å². The van der Waals surface area contributed by atoms with Crippen molar-refractivity contribution in [2.24, 2.45) is 5.41 Å². The molecule has 33 heavy (non-hydrogen) atoms. The normalized spacial score (nSPS) is 19.0. The van der Waals surface area contributed by atoms with Crippen LogP contribution in [0.15, 0.2) is 53.7 Å². The van der Waals surface area contributed by atoms with Gasteiger partial charge in [-0.15, -0.1) is 5.10 Å². The number of non-ortho nitro benzene ring substituents is 1. The van der Waals surface area contributed by atoms with Gasteiger partial charge in [-0.05, 0) is 35.6 Å². The molecule has 1 aliphatic heterocycles. The number of rotatable bonds is 3. The van der Waals surface area contributed by atoms with E-state index in [1.165, 1.54) is 12.1 Å². The molecule has 0 saturated heterocycles. The second-order valence-corrected chi connectivity index (χ2v) is 9.86. The number of hydrogen-bond donors (Lipinski definition) is 1. The third kappa shape index (κ3) is 3.79. The Morgan fingerprint density at radius 2 is 1.94 bits per heavy atom. The number of Topliss-reactive ketones (excluding diaryl/α,β-unsaturated/α-hetero) is 1. The fraction of sp³-hybridized carbons (Fsp3) is 0.261. The van der Waals surface area contributed by atoms with Crippen LogP contribution in [0.25, 0.3) is 11.4 Å². The highest BCUT2D eigenvalue weighted by atomic mass is 35.5. The first-order valence-corrected chi connectivity index (χ1v) is 11.1. The van der Waals surface area contributed by atoms with Gasteiger partial charge in [-0.3, -0.25) is 14.9 Å². The molecule has 0 radical (unpaired) electrons. The number of allylic oxidation sites excluding steroid dienone is 2. The van der Waals surface area contributed by atoms with Gasteiger partial charge >= 0.3 is 0 Å². The van der Waals surface area contributed by atoms with Crippen molar-refractivity contribution in [3.05, 3.63) is 79.5 Å². The lowest BCUT2D eigenvalue weighted by molar-refractivity contribution is -0.384. The van der Waals surface area contributed by atoms with Crippen molar-refractivity contribution in [1.82, 2.24) is 14.8 Å². The number of nitro benzene ring substituents is 1. The third-order valence-electron chi connectivity index (χ3n) is 5.91. The number of benzene rings is 2. The molecular formula is C23H19Cl2N5O3. The number of carbonyl (C=O) groups is 1. The molecule has 1 atom stereocenters. The number of carbonyl (C=O) groups excluding carboxylic acids is 1. The minimum Gasteiger partial charge on any atom is -0.328 e. The Morgan fingerprint density at radius 1 is 1.15 bits per heavy atom. The van der Waals surface area contributed by atoms with Crippen molar-refractivity contribution in [3.8, 4) is 11.4 Å². The van der Waals surface area contributed by atoms with E-state index in [-0.39, 0.29) is 16.9 Å². The summed E-state index contributed by atoms with van der Waals surface area (Å²) in [7, 11) is 0. The maximum absolute atomic E-state index is 13.3. The van der Waals surface area contributed by atoms with Gasteiger partial charge in [-0.1, -0.05) is 49.2 Å². The van der Waals surface area contributed by atoms with Crippen LogP contribution in [-0.4, -0.2) is 25.5 Å². The van der Waals surface area contributed by atoms with Crippen LogP contribution in [0.3, 0.4) is 0 Å². The summed E-state index contributed by atoms with van der Waals surface area (Å²) >= 11 is 12.2. The third-order valence-corrected chi connectivity index (χ3v) is 6.65. The Morgan fingerprint density at radius 3 is 2.67 bits per heavy atom. The van der Waals surface area contributed by atoms with E-state index in [4.69, 9.17) is 23.2 Å². The first-order valence-electron chi connectivity index (χ1n) is 10.3. The molecule has 2 heterocycles. The number of halogens is 2.